The number of amides is 1. The van der Waals surface area contributed by atoms with Crippen molar-refractivity contribution in [3.8, 4) is 0 Å². The van der Waals surface area contributed by atoms with Crippen molar-refractivity contribution in [2.45, 2.75) is 0 Å². The maximum absolute atomic E-state index is 12.5. The van der Waals surface area contributed by atoms with Crippen molar-refractivity contribution in [1.29, 1.82) is 0 Å². The van der Waals surface area contributed by atoms with Gasteiger partial charge in [0.2, 0.25) is 0 Å². The topological polar surface area (TPSA) is 23.6 Å². The standard InChI is InChI=1S/C16H17IN2O/c1-18(2)13-10-8-12(9-11-13)16(20)19(3)15-7-5-4-6-14(15)17/h4-11H,1-3H3. The first-order valence-corrected chi connectivity index (χ1v) is 7.38. The molecule has 0 radical (unpaired) electrons. The number of carbonyl (C=O) groups is 1. The average Bonchev–Trinajstić information content (AvgIpc) is 2.46. The molecule has 0 saturated heterocycles. The van der Waals surface area contributed by atoms with Gasteiger partial charge in [-0.2, -0.15) is 0 Å². The molecule has 0 N–H and O–H groups in total. The van der Waals surface area contributed by atoms with E-state index in [0.717, 1.165) is 14.9 Å². The Bertz CT molecular complexity index is 608. The number of hydrogen-bond donors (Lipinski definition) is 0. The highest BCUT2D eigenvalue weighted by Crippen LogP contribution is 2.23. The molecule has 0 saturated carbocycles. The van der Waals surface area contributed by atoms with Crippen molar-refractivity contribution in [3.63, 3.8) is 0 Å². The van der Waals surface area contributed by atoms with E-state index in [0.29, 0.717) is 5.56 Å². The van der Waals surface area contributed by atoms with Crippen molar-refractivity contribution in [2.75, 3.05) is 30.9 Å². The maximum Gasteiger partial charge on any atom is 0.258 e. The van der Waals surface area contributed by atoms with Gasteiger partial charge in [0.1, 0.15) is 0 Å². The number of rotatable bonds is 3. The monoisotopic (exact) mass is 380 g/mol. The van der Waals surface area contributed by atoms with Gasteiger partial charge >= 0.3 is 0 Å². The molecule has 0 spiro atoms. The van der Waals surface area contributed by atoms with Crippen molar-refractivity contribution in [3.05, 3.63) is 57.7 Å². The molecule has 0 fully saturated rings. The van der Waals surface area contributed by atoms with Crippen LogP contribution in [0.3, 0.4) is 0 Å². The fourth-order valence-electron chi connectivity index (χ4n) is 1.93. The Morgan fingerprint density at radius 3 is 2.10 bits per heavy atom. The summed E-state index contributed by atoms with van der Waals surface area (Å²) < 4.78 is 1.06. The van der Waals surface area contributed by atoms with Crippen molar-refractivity contribution in [1.82, 2.24) is 0 Å². The lowest BCUT2D eigenvalue weighted by Gasteiger charge is -2.19. The molecule has 20 heavy (non-hydrogen) atoms. The largest absolute Gasteiger partial charge is 0.378 e. The Hall–Kier alpha value is -1.56. The second-order valence-corrected chi connectivity index (χ2v) is 5.92. The average molecular weight is 380 g/mol. The first-order valence-electron chi connectivity index (χ1n) is 6.30. The fourth-order valence-corrected chi connectivity index (χ4v) is 2.68. The van der Waals surface area contributed by atoms with Crippen molar-refractivity contribution < 1.29 is 4.79 Å². The highest BCUT2D eigenvalue weighted by atomic mass is 127. The smallest absolute Gasteiger partial charge is 0.258 e. The van der Waals surface area contributed by atoms with Gasteiger partial charge in [0.15, 0.2) is 0 Å². The quantitative estimate of drug-likeness (QED) is 0.760. The summed E-state index contributed by atoms with van der Waals surface area (Å²) in [6.45, 7) is 0. The molecule has 0 heterocycles. The van der Waals surface area contributed by atoms with E-state index >= 15 is 0 Å². The highest BCUT2D eigenvalue weighted by molar-refractivity contribution is 14.1. The van der Waals surface area contributed by atoms with Crippen LogP contribution in [0.15, 0.2) is 48.5 Å². The lowest BCUT2D eigenvalue weighted by atomic mass is 10.1. The Labute approximate surface area is 133 Å². The van der Waals surface area contributed by atoms with Gasteiger partial charge in [0.05, 0.1) is 5.69 Å². The van der Waals surface area contributed by atoms with Crippen LogP contribution in [0.1, 0.15) is 10.4 Å². The second kappa shape index (κ2) is 6.26. The lowest BCUT2D eigenvalue weighted by Crippen LogP contribution is -2.26. The van der Waals surface area contributed by atoms with E-state index in [-0.39, 0.29) is 5.91 Å². The molecule has 0 bridgehead atoms. The van der Waals surface area contributed by atoms with Gasteiger partial charge in [-0.05, 0) is 59.0 Å². The predicted molar refractivity (Wildman–Crippen MR) is 92.7 cm³/mol. The lowest BCUT2D eigenvalue weighted by molar-refractivity contribution is 0.0993. The van der Waals surface area contributed by atoms with Crippen LogP contribution in [0.2, 0.25) is 0 Å². The molecule has 0 aliphatic carbocycles. The van der Waals surface area contributed by atoms with E-state index in [1.807, 2.05) is 67.5 Å². The number of carbonyl (C=O) groups excluding carboxylic acids is 1. The molecule has 3 nitrogen and oxygen atoms in total. The Balaban J connectivity index is 2.25. The van der Waals surface area contributed by atoms with Crippen LogP contribution >= 0.6 is 22.6 Å². The first-order chi connectivity index (χ1) is 9.50. The van der Waals surface area contributed by atoms with E-state index in [9.17, 15) is 4.79 Å². The van der Waals surface area contributed by atoms with Gasteiger partial charge in [-0.25, -0.2) is 0 Å². The summed E-state index contributed by atoms with van der Waals surface area (Å²) in [7, 11) is 5.77. The van der Waals surface area contributed by atoms with E-state index < -0.39 is 0 Å². The number of hydrogen-bond acceptors (Lipinski definition) is 2. The van der Waals surface area contributed by atoms with Gasteiger partial charge in [-0.15, -0.1) is 0 Å². The summed E-state index contributed by atoms with van der Waals surface area (Å²) >= 11 is 2.24. The van der Waals surface area contributed by atoms with Crippen LogP contribution in [0.5, 0.6) is 0 Å². The molecule has 1 amide bonds. The second-order valence-electron chi connectivity index (χ2n) is 4.76. The number of nitrogens with zero attached hydrogens (tertiary/aromatic N) is 2. The summed E-state index contributed by atoms with van der Waals surface area (Å²) in [5.41, 5.74) is 2.70. The Morgan fingerprint density at radius 2 is 1.55 bits per heavy atom. The van der Waals surface area contributed by atoms with Gasteiger partial charge < -0.3 is 9.80 Å². The van der Waals surface area contributed by atoms with Gasteiger partial charge in [0.25, 0.3) is 5.91 Å². The van der Waals surface area contributed by atoms with Crippen LogP contribution in [0.4, 0.5) is 11.4 Å². The van der Waals surface area contributed by atoms with E-state index in [2.05, 4.69) is 22.6 Å². The predicted octanol–water partition coefficient (Wildman–Crippen LogP) is 3.63. The zero-order valence-electron chi connectivity index (χ0n) is 11.8. The Kier molecular flexibility index (Phi) is 4.65. The molecule has 2 aromatic carbocycles. The van der Waals surface area contributed by atoms with E-state index in [1.165, 1.54) is 0 Å². The number of para-hydroxylation sites is 1. The molecule has 0 atom stereocenters. The molecule has 4 heteroatoms. The number of anilines is 2. The van der Waals surface area contributed by atoms with Crippen LogP contribution in [0.25, 0.3) is 0 Å². The third-order valence-electron chi connectivity index (χ3n) is 3.15. The molecule has 104 valence electrons. The first kappa shape index (κ1) is 14.8. The molecular formula is C16H17IN2O. The molecule has 2 aromatic rings. The van der Waals surface area contributed by atoms with Crippen LogP contribution in [-0.4, -0.2) is 27.1 Å². The number of halogens is 1. The van der Waals surface area contributed by atoms with Gasteiger partial charge in [-0.1, -0.05) is 12.1 Å². The highest BCUT2D eigenvalue weighted by Gasteiger charge is 2.15. The van der Waals surface area contributed by atoms with Crippen LogP contribution < -0.4 is 9.80 Å². The van der Waals surface area contributed by atoms with Crippen LogP contribution in [-0.2, 0) is 0 Å². The number of benzene rings is 2. The van der Waals surface area contributed by atoms with E-state index in [4.69, 9.17) is 0 Å². The molecule has 0 aliphatic rings. The summed E-state index contributed by atoms with van der Waals surface area (Å²) in [5, 5.41) is 0. The molecule has 0 aromatic heterocycles. The normalized spacial score (nSPS) is 10.2. The molecular weight excluding hydrogens is 363 g/mol. The third kappa shape index (κ3) is 3.12. The Morgan fingerprint density at radius 1 is 0.950 bits per heavy atom. The fraction of sp³-hybridized carbons (Fsp3) is 0.188. The summed E-state index contributed by atoms with van der Waals surface area (Å²) in [6.07, 6.45) is 0. The summed E-state index contributed by atoms with van der Waals surface area (Å²) in [4.78, 5) is 16.2. The minimum atomic E-state index is -0.000535. The molecule has 2 rings (SSSR count). The zero-order valence-corrected chi connectivity index (χ0v) is 14.0. The van der Waals surface area contributed by atoms with E-state index in [1.54, 1.807) is 11.9 Å². The third-order valence-corrected chi connectivity index (χ3v) is 4.06. The molecule has 0 unspecified atom stereocenters. The van der Waals surface area contributed by atoms with Crippen LogP contribution in [0, 0.1) is 3.57 Å². The van der Waals surface area contributed by atoms with Crippen molar-refractivity contribution >= 4 is 39.9 Å². The van der Waals surface area contributed by atoms with Gasteiger partial charge in [0, 0.05) is 36.0 Å². The maximum atomic E-state index is 12.5. The minimum Gasteiger partial charge on any atom is -0.378 e. The SMILES string of the molecule is CN(C)c1ccc(C(=O)N(C)c2ccccc2I)cc1. The summed E-state index contributed by atoms with van der Waals surface area (Å²) in [5.74, 6) is -0.000535. The van der Waals surface area contributed by atoms with Crippen molar-refractivity contribution in [2.24, 2.45) is 0 Å². The minimum absolute atomic E-state index is 0.000535. The van der Waals surface area contributed by atoms with Gasteiger partial charge in [-0.3, -0.25) is 4.79 Å². The summed E-state index contributed by atoms with van der Waals surface area (Å²) in [6, 6.07) is 15.5. The zero-order chi connectivity index (χ0) is 14.7. The molecule has 0 aliphatic heterocycles.